The third-order valence-corrected chi connectivity index (χ3v) is 4.28. The second kappa shape index (κ2) is 6.52. The van der Waals surface area contributed by atoms with Crippen molar-refractivity contribution in [2.24, 2.45) is 0 Å². The summed E-state index contributed by atoms with van der Waals surface area (Å²) in [6, 6.07) is 5.19. The predicted molar refractivity (Wildman–Crippen MR) is 86.8 cm³/mol. The van der Waals surface area contributed by atoms with E-state index in [1.54, 1.807) is 13.2 Å². The maximum Gasteiger partial charge on any atom is 0.257 e. The van der Waals surface area contributed by atoms with Crippen molar-refractivity contribution in [1.29, 1.82) is 0 Å². The summed E-state index contributed by atoms with van der Waals surface area (Å²) >= 11 is 0. The number of amides is 1. The summed E-state index contributed by atoms with van der Waals surface area (Å²) in [5, 5.41) is 3.36. The molecule has 2 aromatic rings. The lowest BCUT2D eigenvalue weighted by Crippen LogP contribution is -2.50. The molecule has 0 bridgehead atoms. The van der Waals surface area contributed by atoms with E-state index < -0.39 is 5.91 Å². The van der Waals surface area contributed by atoms with Gasteiger partial charge < -0.3 is 19.8 Å². The highest BCUT2D eigenvalue weighted by Crippen LogP contribution is 2.14. The molecular weight excluding hydrogens is 296 g/mol. The Kier molecular flexibility index (Phi) is 4.45. The van der Waals surface area contributed by atoms with Crippen LogP contribution in [0.15, 0.2) is 29.2 Å². The number of para-hydroxylation sites is 1. The van der Waals surface area contributed by atoms with Gasteiger partial charge in [-0.05, 0) is 25.0 Å². The average Bonchev–Trinajstić information content (AvgIpc) is 2.56. The number of methoxy groups -OCH3 is 1. The second-order valence-electron chi connectivity index (χ2n) is 5.75. The molecule has 1 amide bonds. The summed E-state index contributed by atoms with van der Waals surface area (Å²) in [5.74, 6) is -0.410. The van der Waals surface area contributed by atoms with Crippen molar-refractivity contribution in [3.8, 4) is 0 Å². The van der Waals surface area contributed by atoms with Crippen molar-refractivity contribution in [1.82, 2.24) is 10.3 Å². The van der Waals surface area contributed by atoms with E-state index in [1.807, 2.05) is 19.1 Å². The van der Waals surface area contributed by atoms with Gasteiger partial charge in [-0.25, -0.2) is 0 Å². The smallest absolute Gasteiger partial charge is 0.257 e. The zero-order valence-corrected chi connectivity index (χ0v) is 13.2. The van der Waals surface area contributed by atoms with Crippen molar-refractivity contribution in [2.45, 2.75) is 25.5 Å². The number of nitrogens with one attached hydrogen (secondary N) is 2. The third kappa shape index (κ3) is 3.00. The molecule has 0 spiro atoms. The number of ether oxygens (including phenoxy) is 2. The minimum absolute atomic E-state index is 0.100. The van der Waals surface area contributed by atoms with E-state index >= 15 is 0 Å². The quantitative estimate of drug-likeness (QED) is 0.896. The first-order valence-electron chi connectivity index (χ1n) is 7.64. The molecule has 1 saturated heterocycles. The molecule has 0 unspecified atom stereocenters. The number of aromatic nitrogens is 1. The Morgan fingerprint density at radius 3 is 3.04 bits per heavy atom. The average molecular weight is 316 g/mol. The fourth-order valence-electron chi connectivity index (χ4n) is 2.95. The SMILES string of the molecule is CO[C@@H]1CCOC[C@H]1NC(=O)c1c[nH]c2c(C)cccc2c1=O. The Morgan fingerprint density at radius 2 is 2.26 bits per heavy atom. The first-order valence-corrected chi connectivity index (χ1v) is 7.64. The number of carbonyl (C=O) groups is 1. The summed E-state index contributed by atoms with van der Waals surface area (Å²) in [5.41, 5.74) is 1.55. The van der Waals surface area contributed by atoms with Crippen LogP contribution in [0.3, 0.4) is 0 Å². The van der Waals surface area contributed by atoms with E-state index in [4.69, 9.17) is 9.47 Å². The van der Waals surface area contributed by atoms with Gasteiger partial charge in [-0.2, -0.15) is 0 Å². The van der Waals surface area contributed by atoms with Crippen LogP contribution in [-0.4, -0.2) is 43.4 Å². The molecule has 3 rings (SSSR count). The Morgan fingerprint density at radius 1 is 1.43 bits per heavy atom. The van der Waals surface area contributed by atoms with Crippen molar-refractivity contribution in [3.05, 3.63) is 45.7 Å². The first kappa shape index (κ1) is 15.7. The summed E-state index contributed by atoms with van der Waals surface area (Å²) < 4.78 is 10.8. The number of hydrogen-bond donors (Lipinski definition) is 2. The Labute approximate surface area is 133 Å². The first-order chi connectivity index (χ1) is 11.1. The molecule has 6 heteroatoms. The van der Waals surface area contributed by atoms with E-state index in [2.05, 4.69) is 10.3 Å². The van der Waals surface area contributed by atoms with Crippen LogP contribution in [0, 0.1) is 6.92 Å². The monoisotopic (exact) mass is 316 g/mol. The number of rotatable bonds is 3. The number of pyridine rings is 1. The minimum Gasteiger partial charge on any atom is -0.379 e. The van der Waals surface area contributed by atoms with Crippen LogP contribution in [-0.2, 0) is 9.47 Å². The molecule has 122 valence electrons. The molecule has 6 nitrogen and oxygen atoms in total. The van der Waals surface area contributed by atoms with Gasteiger partial charge >= 0.3 is 0 Å². The van der Waals surface area contributed by atoms with Gasteiger partial charge in [0.1, 0.15) is 5.56 Å². The van der Waals surface area contributed by atoms with Crippen molar-refractivity contribution in [3.63, 3.8) is 0 Å². The van der Waals surface area contributed by atoms with Crippen LogP contribution in [0.5, 0.6) is 0 Å². The van der Waals surface area contributed by atoms with Crippen molar-refractivity contribution in [2.75, 3.05) is 20.3 Å². The normalized spacial score (nSPS) is 21.3. The van der Waals surface area contributed by atoms with E-state index in [0.29, 0.717) is 25.0 Å². The Bertz CT molecular complexity index is 784. The standard InChI is InChI=1S/C17H20N2O4/c1-10-4-3-5-11-15(10)18-8-12(16(11)20)17(21)19-13-9-23-7-6-14(13)22-2/h3-5,8,13-14H,6-7,9H2,1-2H3,(H,18,20)(H,19,21)/t13-,14-/m1/s1. The molecule has 2 N–H and O–H groups in total. The van der Waals surface area contributed by atoms with E-state index in [9.17, 15) is 9.59 Å². The van der Waals surface area contributed by atoms with Crippen molar-refractivity contribution < 1.29 is 14.3 Å². The van der Waals surface area contributed by atoms with Gasteiger partial charge in [-0.3, -0.25) is 9.59 Å². The molecular formula is C17H20N2O4. The van der Waals surface area contributed by atoms with Crippen LogP contribution in [0.2, 0.25) is 0 Å². The summed E-state index contributed by atoms with van der Waals surface area (Å²) in [6.07, 6.45) is 2.09. The molecule has 1 fully saturated rings. The molecule has 1 aromatic carbocycles. The summed E-state index contributed by atoms with van der Waals surface area (Å²) in [7, 11) is 1.61. The van der Waals surface area contributed by atoms with Gasteiger partial charge in [0.2, 0.25) is 5.43 Å². The van der Waals surface area contributed by atoms with Gasteiger partial charge in [0, 0.05) is 25.3 Å². The van der Waals surface area contributed by atoms with Gasteiger partial charge in [0.15, 0.2) is 0 Å². The summed E-state index contributed by atoms with van der Waals surface area (Å²) in [4.78, 5) is 28.1. The Balaban J connectivity index is 1.89. The molecule has 1 aromatic heterocycles. The maximum absolute atomic E-state index is 12.6. The maximum atomic E-state index is 12.6. The number of aryl methyl sites for hydroxylation is 1. The molecule has 0 aliphatic carbocycles. The van der Waals surface area contributed by atoms with E-state index in [0.717, 1.165) is 11.1 Å². The van der Waals surface area contributed by atoms with E-state index in [-0.39, 0.29) is 23.1 Å². The highest BCUT2D eigenvalue weighted by Gasteiger charge is 2.28. The zero-order valence-electron chi connectivity index (χ0n) is 13.2. The number of carbonyl (C=O) groups excluding carboxylic acids is 1. The molecule has 1 aliphatic rings. The molecule has 2 atom stereocenters. The highest BCUT2D eigenvalue weighted by molar-refractivity contribution is 5.97. The largest absolute Gasteiger partial charge is 0.379 e. The lowest BCUT2D eigenvalue weighted by atomic mass is 10.0. The van der Waals surface area contributed by atoms with Gasteiger partial charge in [0.05, 0.1) is 24.3 Å². The predicted octanol–water partition coefficient (Wildman–Crippen LogP) is 1.37. The third-order valence-electron chi connectivity index (χ3n) is 4.28. The van der Waals surface area contributed by atoms with Gasteiger partial charge in [-0.1, -0.05) is 12.1 Å². The molecule has 0 saturated carbocycles. The second-order valence-corrected chi connectivity index (χ2v) is 5.75. The number of fused-ring (bicyclic) bond motifs is 1. The minimum atomic E-state index is -0.410. The van der Waals surface area contributed by atoms with E-state index in [1.165, 1.54) is 6.20 Å². The highest BCUT2D eigenvalue weighted by atomic mass is 16.5. The Hall–Kier alpha value is -2.18. The van der Waals surface area contributed by atoms with Gasteiger partial charge in [-0.15, -0.1) is 0 Å². The van der Waals surface area contributed by atoms with Crippen LogP contribution in [0.25, 0.3) is 10.9 Å². The lowest BCUT2D eigenvalue weighted by Gasteiger charge is -2.30. The fraction of sp³-hybridized carbons (Fsp3) is 0.412. The molecule has 23 heavy (non-hydrogen) atoms. The lowest BCUT2D eigenvalue weighted by molar-refractivity contribution is -0.0349. The zero-order chi connectivity index (χ0) is 16.4. The summed E-state index contributed by atoms with van der Waals surface area (Å²) in [6.45, 7) is 2.91. The van der Waals surface area contributed by atoms with Crippen LogP contribution in [0.4, 0.5) is 0 Å². The van der Waals surface area contributed by atoms with Crippen LogP contribution >= 0.6 is 0 Å². The van der Waals surface area contributed by atoms with Crippen molar-refractivity contribution >= 4 is 16.8 Å². The molecule has 1 aliphatic heterocycles. The topological polar surface area (TPSA) is 80.4 Å². The molecule has 0 radical (unpaired) electrons. The van der Waals surface area contributed by atoms with Gasteiger partial charge in [0.25, 0.3) is 5.91 Å². The number of H-pyrrole nitrogens is 1. The fourth-order valence-corrected chi connectivity index (χ4v) is 2.95. The molecule has 2 heterocycles. The number of aromatic amines is 1. The van der Waals surface area contributed by atoms with Crippen LogP contribution in [0.1, 0.15) is 22.3 Å². The van der Waals surface area contributed by atoms with Crippen LogP contribution < -0.4 is 10.7 Å². The number of hydrogen-bond acceptors (Lipinski definition) is 4. The number of benzene rings is 1.